The summed E-state index contributed by atoms with van der Waals surface area (Å²) < 4.78 is 5.05. The molecule has 19 heavy (non-hydrogen) atoms. The number of carboxylic acid groups (broad SMARTS) is 1. The Morgan fingerprint density at radius 3 is 2.58 bits per heavy atom. The number of rotatable bonds is 3. The molecular weight excluding hydrogens is 250 g/mol. The van der Waals surface area contributed by atoms with Crippen LogP contribution in [0.2, 0.25) is 0 Å². The molecule has 1 atom stereocenters. The van der Waals surface area contributed by atoms with Gasteiger partial charge in [-0.25, -0.2) is 4.79 Å². The van der Waals surface area contributed by atoms with Crippen molar-refractivity contribution >= 4 is 12.0 Å². The van der Waals surface area contributed by atoms with Gasteiger partial charge in [-0.05, 0) is 20.8 Å². The first-order valence-electron chi connectivity index (χ1n) is 6.11. The first kappa shape index (κ1) is 13.4. The number of urea groups is 1. The third kappa shape index (κ3) is 2.54. The Kier molecular flexibility index (Phi) is 3.46. The van der Waals surface area contributed by atoms with Crippen molar-refractivity contribution in [2.24, 2.45) is 5.92 Å². The summed E-state index contributed by atoms with van der Waals surface area (Å²) in [5, 5.41) is 15.4. The maximum atomic E-state index is 11.9. The maximum absolute atomic E-state index is 11.9. The van der Waals surface area contributed by atoms with Crippen LogP contribution in [0.1, 0.15) is 30.0 Å². The highest BCUT2D eigenvalue weighted by Crippen LogP contribution is 2.22. The number of nitrogens with one attached hydrogen (secondary N) is 1. The molecule has 1 aliphatic heterocycles. The Morgan fingerprint density at radius 2 is 2.11 bits per heavy atom. The van der Waals surface area contributed by atoms with E-state index in [9.17, 15) is 9.59 Å². The van der Waals surface area contributed by atoms with Gasteiger partial charge in [0.05, 0.1) is 17.7 Å². The highest BCUT2D eigenvalue weighted by Gasteiger charge is 2.36. The topological polar surface area (TPSA) is 95.7 Å². The molecule has 7 nitrogen and oxygen atoms in total. The summed E-state index contributed by atoms with van der Waals surface area (Å²) >= 11 is 0. The van der Waals surface area contributed by atoms with Gasteiger partial charge in [0.25, 0.3) is 0 Å². The quantitative estimate of drug-likeness (QED) is 0.854. The fraction of sp³-hybridized carbons (Fsp3) is 0.583. The van der Waals surface area contributed by atoms with Crippen LogP contribution in [-0.2, 0) is 4.79 Å². The highest BCUT2D eigenvalue weighted by molar-refractivity contribution is 5.80. The van der Waals surface area contributed by atoms with Gasteiger partial charge in [0.2, 0.25) is 0 Å². The molecule has 1 aromatic heterocycles. The van der Waals surface area contributed by atoms with Crippen LogP contribution in [-0.4, -0.2) is 40.3 Å². The van der Waals surface area contributed by atoms with Gasteiger partial charge in [-0.3, -0.25) is 4.79 Å². The molecule has 1 fully saturated rings. The number of nitrogens with zero attached hydrogens (tertiary/aromatic N) is 2. The number of likely N-dealkylation sites (tertiary alicyclic amines) is 1. The molecule has 1 aliphatic rings. The van der Waals surface area contributed by atoms with E-state index in [1.165, 1.54) is 4.90 Å². The van der Waals surface area contributed by atoms with Crippen molar-refractivity contribution in [3.8, 4) is 0 Å². The summed E-state index contributed by atoms with van der Waals surface area (Å²) in [5.74, 6) is -0.625. The van der Waals surface area contributed by atoms with Crippen molar-refractivity contribution in [3.63, 3.8) is 0 Å². The van der Waals surface area contributed by atoms with E-state index in [0.29, 0.717) is 5.76 Å². The van der Waals surface area contributed by atoms with Gasteiger partial charge in [0.1, 0.15) is 5.76 Å². The number of carbonyl (C=O) groups is 2. The van der Waals surface area contributed by atoms with E-state index >= 15 is 0 Å². The highest BCUT2D eigenvalue weighted by atomic mass is 16.5. The maximum Gasteiger partial charge on any atom is 0.317 e. The van der Waals surface area contributed by atoms with Crippen LogP contribution < -0.4 is 5.32 Å². The zero-order valence-electron chi connectivity index (χ0n) is 11.1. The Balaban J connectivity index is 1.92. The zero-order valence-corrected chi connectivity index (χ0v) is 11.1. The van der Waals surface area contributed by atoms with E-state index in [1.807, 2.05) is 13.8 Å². The lowest BCUT2D eigenvalue weighted by molar-refractivity contribution is -0.146. The molecule has 2 N–H and O–H groups in total. The number of aliphatic carboxylic acids is 1. The normalized spacial score (nSPS) is 16.9. The van der Waals surface area contributed by atoms with Crippen molar-refractivity contribution in [1.82, 2.24) is 15.4 Å². The lowest BCUT2D eigenvalue weighted by atomic mass is 10.0. The van der Waals surface area contributed by atoms with Crippen molar-refractivity contribution in [2.45, 2.75) is 26.8 Å². The minimum absolute atomic E-state index is 0.220. The van der Waals surface area contributed by atoms with Gasteiger partial charge >= 0.3 is 12.0 Å². The first-order chi connectivity index (χ1) is 8.90. The molecule has 1 unspecified atom stereocenters. The van der Waals surface area contributed by atoms with Crippen molar-refractivity contribution < 1.29 is 19.2 Å². The van der Waals surface area contributed by atoms with Crippen molar-refractivity contribution in [1.29, 1.82) is 0 Å². The molecule has 1 saturated heterocycles. The lowest BCUT2D eigenvalue weighted by Crippen LogP contribution is -2.56. The summed E-state index contributed by atoms with van der Waals surface area (Å²) in [5.41, 5.74) is 1.61. The Morgan fingerprint density at radius 1 is 1.47 bits per heavy atom. The second-order valence-electron chi connectivity index (χ2n) is 4.85. The predicted molar refractivity (Wildman–Crippen MR) is 65.6 cm³/mol. The number of carbonyl (C=O) groups excluding carboxylic acids is 1. The molecule has 7 heteroatoms. The zero-order chi connectivity index (χ0) is 14.2. The monoisotopic (exact) mass is 267 g/mol. The number of hydrogen-bond acceptors (Lipinski definition) is 4. The molecule has 0 aromatic carbocycles. The smallest absolute Gasteiger partial charge is 0.317 e. The van der Waals surface area contributed by atoms with Gasteiger partial charge in [-0.15, -0.1) is 0 Å². The number of carboxylic acids is 1. The average molecular weight is 267 g/mol. The SMILES string of the molecule is Cc1noc(C)c1C(C)NC(=O)N1CC(C(=O)O)C1. The van der Waals surface area contributed by atoms with Crippen LogP contribution in [0.25, 0.3) is 0 Å². The molecule has 104 valence electrons. The molecule has 1 aromatic rings. The van der Waals surface area contributed by atoms with E-state index in [2.05, 4.69) is 10.5 Å². The van der Waals surface area contributed by atoms with E-state index in [-0.39, 0.29) is 25.2 Å². The van der Waals surface area contributed by atoms with Crippen LogP contribution >= 0.6 is 0 Å². The minimum Gasteiger partial charge on any atom is -0.481 e. The summed E-state index contributed by atoms with van der Waals surface area (Å²) in [7, 11) is 0. The van der Waals surface area contributed by atoms with Crippen LogP contribution in [0, 0.1) is 19.8 Å². The number of aryl methyl sites for hydroxylation is 2. The number of amides is 2. The van der Waals surface area contributed by atoms with Crippen LogP contribution in [0.15, 0.2) is 4.52 Å². The fourth-order valence-corrected chi connectivity index (χ4v) is 2.26. The van der Waals surface area contributed by atoms with Crippen molar-refractivity contribution in [3.05, 3.63) is 17.0 Å². The fourth-order valence-electron chi connectivity index (χ4n) is 2.26. The lowest BCUT2D eigenvalue weighted by Gasteiger charge is -2.37. The molecule has 2 heterocycles. The molecular formula is C12H17N3O4. The minimum atomic E-state index is -0.858. The summed E-state index contributed by atoms with van der Waals surface area (Å²) in [6, 6.07) is -0.479. The van der Waals surface area contributed by atoms with Gasteiger partial charge in [0, 0.05) is 18.7 Å². The second kappa shape index (κ2) is 4.91. The Bertz CT molecular complexity index is 486. The Hall–Kier alpha value is -2.05. The van der Waals surface area contributed by atoms with Crippen LogP contribution in [0.3, 0.4) is 0 Å². The van der Waals surface area contributed by atoms with Gasteiger partial charge in [0.15, 0.2) is 0 Å². The average Bonchev–Trinajstić information content (AvgIpc) is 2.55. The molecule has 0 aliphatic carbocycles. The van der Waals surface area contributed by atoms with Crippen molar-refractivity contribution in [2.75, 3.05) is 13.1 Å². The number of hydrogen-bond donors (Lipinski definition) is 2. The molecule has 2 amide bonds. The largest absolute Gasteiger partial charge is 0.481 e. The van der Waals surface area contributed by atoms with Gasteiger partial charge in [-0.1, -0.05) is 5.16 Å². The molecule has 0 radical (unpaired) electrons. The van der Waals surface area contributed by atoms with E-state index < -0.39 is 11.9 Å². The third-order valence-corrected chi connectivity index (χ3v) is 3.38. The summed E-state index contributed by atoms with van der Waals surface area (Å²) in [6.07, 6.45) is 0. The second-order valence-corrected chi connectivity index (χ2v) is 4.85. The first-order valence-corrected chi connectivity index (χ1v) is 6.11. The predicted octanol–water partition coefficient (Wildman–Crippen LogP) is 1.08. The van der Waals surface area contributed by atoms with E-state index in [1.54, 1.807) is 6.92 Å². The molecule has 0 spiro atoms. The van der Waals surface area contributed by atoms with E-state index in [0.717, 1.165) is 11.3 Å². The third-order valence-electron chi connectivity index (χ3n) is 3.38. The van der Waals surface area contributed by atoms with Crippen LogP contribution in [0.4, 0.5) is 4.79 Å². The summed E-state index contributed by atoms with van der Waals surface area (Å²) in [6.45, 7) is 5.98. The van der Waals surface area contributed by atoms with Gasteiger partial charge < -0.3 is 19.8 Å². The van der Waals surface area contributed by atoms with Crippen LogP contribution in [0.5, 0.6) is 0 Å². The number of aromatic nitrogens is 1. The van der Waals surface area contributed by atoms with E-state index in [4.69, 9.17) is 9.63 Å². The molecule has 0 bridgehead atoms. The van der Waals surface area contributed by atoms with Gasteiger partial charge in [-0.2, -0.15) is 0 Å². The molecule has 2 rings (SSSR count). The standard InChI is InChI=1S/C12H17N3O4/c1-6(10-7(2)14-19-8(10)3)13-12(18)15-4-9(5-15)11(16)17/h6,9H,4-5H2,1-3H3,(H,13,18)(H,16,17). The molecule has 0 saturated carbocycles. The summed E-state index contributed by atoms with van der Waals surface area (Å²) in [4.78, 5) is 24.0. The Labute approximate surface area is 110 Å².